The number of nitrogens with one attached hydrogen (secondary N) is 1. The zero-order valence-corrected chi connectivity index (χ0v) is 41.8. The van der Waals surface area contributed by atoms with Crippen molar-refractivity contribution in [1.29, 1.82) is 0 Å². The van der Waals surface area contributed by atoms with Gasteiger partial charge < -0.3 is 15.1 Å². The molecule has 0 atom stereocenters. The van der Waals surface area contributed by atoms with Crippen molar-refractivity contribution in [1.82, 2.24) is 19.9 Å². The summed E-state index contributed by atoms with van der Waals surface area (Å²) < 4.78 is 0. The first-order chi connectivity index (χ1) is 37.6. The summed E-state index contributed by atoms with van der Waals surface area (Å²) in [6.07, 6.45) is 7.08. The number of benzene rings is 12. The van der Waals surface area contributed by atoms with Gasteiger partial charge in [0.1, 0.15) is 0 Å². The number of nitrogens with zero attached hydrogens (tertiary/aromatic N) is 6. The molecule has 0 spiro atoms. The molecular weight excluding hydrogens is 927 g/mol. The van der Waals surface area contributed by atoms with Gasteiger partial charge >= 0.3 is 0 Å². The van der Waals surface area contributed by atoms with Gasteiger partial charge in [-0.15, -0.1) is 0 Å². The molecule has 362 valence electrons. The predicted molar refractivity (Wildman–Crippen MR) is 319 cm³/mol. The van der Waals surface area contributed by atoms with E-state index in [1.165, 1.54) is 27.1 Å². The second-order valence-corrected chi connectivity index (χ2v) is 18.4. The van der Waals surface area contributed by atoms with Crippen LogP contribution in [0.5, 0.6) is 0 Å². The van der Waals surface area contributed by atoms with Crippen molar-refractivity contribution in [2.24, 2.45) is 0 Å². The maximum atomic E-state index is 4.82. The summed E-state index contributed by atoms with van der Waals surface area (Å²) in [7, 11) is 0. The van der Waals surface area contributed by atoms with Crippen LogP contribution < -0.4 is 15.1 Å². The number of hydrogen-bond donors (Lipinski definition) is 1. The highest BCUT2D eigenvalue weighted by Gasteiger charge is 2.19. The van der Waals surface area contributed by atoms with Crippen LogP contribution in [0.2, 0.25) is 0 Å². The van der Waals surface area contributed by atoms with Crippen molar-refractivity contribution in [3.8, 4) is 0 Å². The van der Waals surface area contributed by atoms with Gasteiger partial charge in [0, 0.05) is 91.8 Å². The quantitative estimate of drug-likeness (QED) is 0.152. The molecule has 0 bridgehead atoms. The zero-order chi connectivity index (χ0) is 51.0. The molecule has 0 fully saturated rings. The van der Waals surface area contributed by atoms with E-state index in [0.717, 1.165) is 89.1 Å². The van der Waals surface area contributed by atoms with Crippen LogP contribution in [0, 0.1) is 6.92 Å². The van der Waals surface area contributed by atoms with Gasteiger partial charge in [-0.2, -0.15) is 0 Å². The monoisotopic (exact) mass is 977 g/mol. The molecule has 0 unspecified atom stereocenters. The lowest BCUT2D eigenvalue weighted by Gasteiger charge is -2.27. The molecule has 1 N–H and O–H groups in total. The normalized spacial score (nSPS) is 11.0. The fourth-order valence-corrected chi connectivity index (χ4v) is 10.1. The third-order valence-electron chi connectivity index (χ3n) is 13.5. The van der Waals surface area contributed by atoms with Crippen LogP contribution in [-0.2, 0) is 0 Å². The van der Waals surface area contributed by atoms with Gasteiger partial charge in [0.05, 0.1) is 22.1 Å². The van der Waals surface area contributed by atoms with Crippen LogP contribution in [-0.4, -0.2) is 19.9 Å². The molecule has 14 aromatic rings. The van der Waals surface area contributed by atoms with E-state index in [1.54, 1.807) is 24.8 Å². The Labute approximate surface area is 441 Å². The number of aryl methyl sites for hydroxylation is 1. The van der Waals surface area contributed by atoms with E-state index in [2.05, 4.69) is 232 Å². The Morgan fingerprint density at radius 2 is 0.539 bits per heavy atom. The standard InChI is InChI=1S/C40H28N4.C17H12N2.C12H11N/c1-5-13-29(14-6-1)43(30-15-7-2-8-16-30)33-21-23-35-37(27-33)38-28-34(22-24-36(38)40-39(35)41-25-26-42-40)44(31-17-9-3-10-18-31)32-19-11-4-12-20-32;1-11-6-7-14-15(10-11)12-4-2-3-5-13(12)16-17(14)19-9-8-18-16;1-3-7-11(8-4-1)13-12-9-5-2-6-10-12/h1-28H;2-10H,1H3;1-10,13H. The first-order valence-electron chi connectivity index (χ1n) is 25.4. The largest absolute Gasteiger partial charge is 0.356 e. The maximum Gasteiger partial charge on any atom is 0.0971 e. The highest BCUT2D eigenvalue weighted by molar-refractivity contribution is 6.25. The molecule has 0 amide bonds. The zero-order valence-electron chi connectivity index (χ0n) is 41.8. The summed E-state index contributed by atoms with van der Waals surface area (Å²) in [4.78, 5) is 23.3. The average Bonchev–Trinajstić information content (AvgIpc) is 3.58. The lowest BCUT2D eigenvalue weighted by molar-refractivity contribution is 1.28. The van der Waals surface area contributed by atoms with Crippen LogP contribution in [0.4, 0.5) is 45.5 Å². The predicted octanol–water partition coefficient (Wildman–Crippen LogP) is 18.6. The van der Waals surface area contributed by atoms with E-state index in [4.69, 9.17) is 9.97 Å². The first kappa shape index (κ1) is 46.8. The van der Waals surface area contributed by atoms with Gasteiger partial charge in [0.2, 0.25) is 0 Å². The molecule has 7 nitrogen and oxygen atoms in total. The average molecular weight is 978 g/mol. The van der Waals surface area contributed by atoms with Crippen molar-refractivity contribution in [2.45, 2.75) is 6.92 Å². The van der Waals surface area contributed by atoms with Gasteiger partial charge in [-0.3, -0.25) is 19.9 Å². The van der Waals surface area contributed by atoms with Crippen molar-refractivity contribution >= 4 is 111 Å². The Kier molecular flexibility index (Phi) is 13.2. The number of anilines is 8. The molecule has 0 saturated heterocycles. The third kappa shape index (κ3) is 9.60. The Hall–Kier alpha value is -10.2. The molecule has 2 heterocycles. The number of fused-ring (bicyclic) bond motifs is 12. The Morgan fingerprint density at radius 3 is 0.908 bits per heavy atom. The summed E-state index contributed by atoms with van der Waals surface area (Å²) in [5.41, 5.74) is 13.8. The van der Waals surface area contributed by atoms with Crippen LogP contribution >= 0.6 is 0 Å². The second-order valence-electron chi connectivity index (χ2n) is 18.4. The summed E-state index contributed by atoms with van der Waals surface area (Å²) in [6.45, 7) is 2.12. The fourth-order valence-electron chi connectivity index (χ4n) is 10.1. The Morgan fingerprint density at radius 1 is 0.250 bits per heavy atom. The Bertz CT molecular complexity index is 3950. The van der Waals surface area contributed by atoms with Crippen molar-refractivity contribution < 1.29 is 0 Å². The lowest BCUT2D eigenvalue weighted by atomic mass is 9.97. The molecule has 0 radical (unpaired) electrons. The summed E-state index contributed by atoms with van der Waals surface area (Å²) in [5, 5.41) is 12.6. The molecule has 14 rings (SSSR count). The smallest absolute Gasteiger partial charge is 0.0971 e. The lowest BCUT2D eigenvalue weighted by Crippen LogP contribution is -2.10. The number of para-hydroxylation sites is 6. The minimum Gasteiger partial charge on any atom is -0.356 e. The first-order valence-corrected chi connectivity index (χ1v) is 25.4. The van der Waals surface area contributed by atoms with Crippen molar-refractivity contribution in [3.63, 3.8) is 0 Å². The second kappa shape index (κ2) is 21.5. The fraction of sp³-hybridized carbons (Fsp3) is 0.0145. The molecule has 0 saturated carbocycles. The third-order valence-corrected chi connectivity index (χ3v) is 13.5. The van der Waals surface area contributed by atoms with Gasteiger partial charge in [-0.05, 0) is 126 Å². The topological polar surface area (TPSA) is 70.1 Å². The van der Waals surface area contributed by atoms with Gasteiger partial charge in [0.25, 0.3) is 0 Å². The van der Waals surface area contributed by atoms with Crippen molar-refractivity contribution in [3.05, 3.63) is 291 Å². The molecule has 0 aliphatic carbocycles. The molecule has 12 aromatic carbocycles. The molecule has 0 aliphatic rings. The highest BCUT2D eigenvalue weighted by atomic mass is 15.1. The van der Waals surface area contributed by atoms with Gasteiger partial charge in [-0.1, -0.05) is 169 Å². The van der Waals surface area contributed by atoms with E-state index in [0.29, 0.717) is 0 Å². The highest BCUT2D eigenvalue weighted by Crippen LogP contribution is 2.43. The minimum atomic E-state index is 0.906. The summed E-state index contributed by atoms with van der Waals surface area (Å²) in [5.74, 6) is 0. The number of rotatable bonds is 8. The number of hydrogen-bond acceptors (Lipinski definition) is 7. The maximum absolute atomic E-state index is 4.82. The van der Waals surface area contributed by atoms with E-state index < -0.39 is 0 Å². The number of aromatic nitrogens is 4. The molecule has 2 aromatic heterocycles. The van der Waals surface area contributed by atoms with E-state index in [9.17, 15) is 0 Å². The summed E-state index contributed by atoms with van der Waals surface area (Å²) >= 11 is 0. The van der Waals surface area contributed by atoms with E-state index in [1.807, 2.05) is 60.7 Å². The van der Waals surface area contributed by atoms with Crippen LogP contribution in [0.15, 0.2) is 286 Å². The van der Waals surface area contributed by atoms with E-state index >= 15 is 0 Å². The van der Waals surface area contributed by atoms with Crippen molar-refractivity contribution in [2.75, 3.05) is 15.1 Å². The van der Waals surface area contributed by atoms with Gasteiger partial charge in [-0.25, -0.2) is 0 Å². The molecular formula is C69H51N7. The van der Waals surface area contributed by atoms with Crippen LogP contribution in [0.1, 0.15) is 5.56 Å². The molecule has 76 heavy (non-hydrogen) atoms. The molecule has 0 aliphatic heterocycles. The van der Waals surface area contributed by atoms with Crippen LogP contribution in [0.25, 0.3) is 65.2 Å². The minimum absolute atomic E-state index is 0.906. The van der Waals surface area contributed by atoms with Gasteiger partial charge in [0.15, 0.2) is 0 Å². The molecule has 7 heteroatoms. The summed E-state index contributed by atoms with van der Waals surface area (Å²) in [6, 6.07) is 90.6. The van der Waals surface area contributed by atoms with Crippen LogP contribution in [0.3, 0.4) is 0 Å². The SMILES string of the molecule is Cc1ccc2c(c1)c1ccccc1c1nccnc21.c1ccc(N(c2ccccc2)c2ccc3c(c2)c2cc(N(c4ccccc4)c4ccccc4)ccc2c2nccnc32)cc1.c1ccc(Nc2ccccc2)cc1. The van der Waals surface area contributed by atoms with E-state index in [-0.39, 0.29) is 0 Å². The Balaban J connectivity index is 0.000000147.